The van der Waals surface area contributed by atoms with Gasteiger partial charge in [0.1, 0.15) is 6.54 Å². The van der Waals surface area contributed by atoms with Crippen LogP contribution < -0.4 is 0 Å². The van der Waals surface area contributed by atoms with E-state index in [9.17, 15) is 14.7 Å². The number of aromatic carboxylic acids is 1. The molecule has 24 heavy (non-hydrogen) atoms. The molecule has 1 aromatic carbocycles. The van der Waals surface area contributed by atoms with Crippen molar-refractivity contribution in [2.75, 3.05) is 0 Å². The summed E-state index contributed by atoms with van der Waals surface area (Å²) in [6.45, 7) is -0.432. The number of aromatic nitrogens is 1. The minimum Gasteiger partial charge on any atom is -0.493 e. The lowest BCUT2D eigenvalue weighted by Crippen LogP contribution is -2.07. The molecule has 0 radical (unpaired) electrons. The smallest absolute Gasteiger partial charge is 0.335 e. The van der Waals surface area contributed by atoms with Crippen LogP contribution in [-0.2, 0) is 11.3 Å². The quantitative estimate of drug-likeness (QED) is 0.721. The van der Waals surface area contributed by atoms with Crippen LogP contribution >= 0.6 is 23.6 Å². The Kier molecular flexibility index (Phi) is 4.04. The molecule has 1 aromatic heterocycles. The van der Waals surface area contributed by atoms with Crippen LogP contribution in [0.3, 0.4) is 0 Å². The van der Waals surface area contributed by atoms with Gasteiger partial charge in [-0.25, -0.2) is 4.79 Å². The summed E-state index contributed by atoms with van der Waals surface area (Å²) in [6, 6.07) is 4.57. The van der Waals surface area contributed by atoms with Gasteiger partial charge in [-0.05, 0) is 36.5 Å². The Morgan fingerprint density at radius 1 is 1.33 bits per heavy atom. The molecule has 9 heteroatoms. The maximum Gasteiger partial charge on any atom is 0.335 e. The van der Waals surface area contributed by atoms with Gasteiger partial charge in [0.2, 0.25) is 5.88 Å². The number of nitrogens with zero attached hydrogens (tertiary/aromatic N) is 2. The van der Waals surface area contributed by atoms with Crippen LogP contribution in [0.2, 0.25) is 0 Å². The number of allylic oxidation sites excluding steroid dienone is 1. The predicted molar refractivity (Wildman–Crippen MR) is 91.9 cm³/mol. The highest BCUT2D eigenvalue weighted by molar-refractivity contribution is 7.73. The van der Waals surface area contributed by atoms with E-state index in [-0.39, 0.29) is 15.4 Å². The molecule has 2 heterocycles. The number of aliphatic carboxylic acids is 1. The molecular weight excluding hydrogens is 352 g/mol. The Labute approximate surface area is 144 Å². The van der Waals surface area contributed by atoms with Crippen molar-refractivity contribution < 1.29 is 24.9 Å². The average Bonchev–Trinajstić information content (AvgIpc) is 3.03. The number of carboxylic acids is 2. The standard InChI is InChI=1S/C15H10N2O5S2/c18-12(19)6-17-13(20)11(24-15(17)23)4-8-5-16-10-2-1-7(14(21)22)3-9(8)10/h1-5,20H,6H2,(H,18,19)(H,21,22). The van der Waals surface area contributed by atoms with E-state index in [1.165, 1.54) is 12.1 Å². The van der Waals surface area contributed by atoms with Gasteiger partial charge in [-0.2, -0.15) is 0 Å². The first-order valence-corrected chi connectivity index (χ1v) is 7.87. The Morgan fingerprint density at radius 3 is 2.75 bits per heavy atom. The number of rotatable bonds is 4. The predicted octanol–water partition coefficient (Wildman–Crippen LogP) is 3.02. The monoisotopic (exact) mass is 362 g/mol. The van der Waals surface area contributed by atoms with Crippen molar-refractivity contribution in [3.8, 4) is 5.88 Å². The molecular formula is C15H10N2O5S2. The number of hydrogen-bond acceptors (Lipinski definition) is 6. The van der Waals surface area contributed by atoms with Gasteiger partial charge in [0.15, 0.2) is 3.95 Å². The maximum atomic E-state index is 11.1. The van der Waals surface area contributed by atoms with Crippen LogP contribution in [0.25, 0.3) is 11.6 Å². The van der Waals surface area contributed by atoms with Gasteiger partial charge in [-0.1, -0.05) is 0 Å². The third-order valence-corrected chi connectivity index (χ3v) is 4.76. The minimum atomic E-state index is -1.11. The first-order chi connectivity index (χ1) is 11.4. The van der Waals surface area contributed by atoms with Gasteiger partial charge < -0.3 is 15.3 Å². The molecule has 0 bridgehead atoms. The third kappa shape index (κ3) is 2.86. The molecule has 7 nitrogen and oxygen atoms in total. The van der Waals surface area contributed by atoms with E-state index in [1.807, 2.05) is 0 Å². The van der Waals surface area contributed by atoms with Crippen molar-refractivity contribution in [1.29, 1.82) is 0 Å². The molecule has 0 saturated heterocycles. The summed E-state index contributed by atoms with van der Waals surface area (Å²) in [7, 11) is 0. The topological polar surface area (TPSA) is 112 Å². The number of benzene rings is 1. The lowest BCUT2D eigenvalue weighted by molar-refractivity contribution is -0.137. The maximum absolute atomic E-state index is 11.1. The fourth-order valence-corrected chi connectivity index (χ4v) is 3.52. The molecule has 2 aromatic rings. The van der Waals surface area contributed by atoms with E-state index < -0.39 is 18.5 Å². The van der Waals surface area contributed by atoms with Gasteiger partial charge in [0.05, 0.1) is 16.1 Å². The van der Waals surface area contributed by atoms with Crippen molar-refractivity contribution in [2.24, 2.45) is 4.99 Å². The normalized spacial score (nSPS) is 14.1. The number of hydrogen-bond donors (Lipinski definition) is 3. The summed E-state index contributed by atoms with van der Waals surface area (Å²) < 4.78 is 1.35. The van der Waals surface area contributed by atoms with E-state index in [4.69, 9.17) is 22.4 Å². The largest absolute Gasteiger partial charge is 0.493 e. The molecule has 0 unspecified atom stereocenters. The lowest BCUT2D eigenvalue weighted by atomic mass is 10.0. The molecule has 0 spiro atoms. The summed E-state index contributed by atoms with van der Waals surface area (Å²) in [5.41, 5.74) is 1.99. The molecule has 0 aliphatic carbocycles. The lowest BCUT2D eigenvalue weighted by Gasteiger charge is -2.02. The number of carboxylic acid groups (broad SMARTS) is 2. The highest BCUT2D eigenvalue weighted by Crippen LogP contribution is 2.36. The second kappa shape index (κ2) is 6.02. The summed E-state index contributed by atoms with van der Waals surface area (Å²) >= 11 is 6.14. The second-order valence-electron chi connectivity index (χ2n) is 4.93. The number of fused-ring (bicyclic) bond motifs is 1. The van der Waals surface area contributed by atoms with E-state index in [1.54, 1.807) is 18.4 Å². The second-order valence-corrected chi connectivity index (χ2v) is 6.61. The minimum absolute atomic E-state index is 0.130. The van der Waals surface area contributed by atoms with Gasteiger partial charge >= 0.3 is 11.9 Å². The van der Waals surface area contributed by atoms with Gasteiger partial charge in [0.25, 0.3) is 0 Å². The summed E-state index contributed by atoms with van der Waals surface area (Å²) in [5.74, 6) is -2.40. The molecule has 3 rings (SSSR count). The van der Waals surface area contributed by atoms with Crippen molar-refractivity contribution in [1.82, 2.24) is 4.57 Å². The Hall–Kier alpha value is -2.78. The number of carbonyl (C=O) groups is 2. The van der Waals surface area contributed by atoms with Crippen molar-refractivity contribution >= 4 is 59.0 Å². The Morgan fingerprint density at radius 2 is 2.08 bits per heavy atom. The van der Waals surface area contributed by atoms with E-state index >= 15 is 0 Å². The van der Waals surface area contributed by atoms with Crippen molar-refractivity contribution in [3.05, 3.63) is 38.2 Å². The third-order valence-electron chi connectivity index (χ3n) is 3.37. The Bertz CT molecular complexity index is 984. The zero-order valence-corrected chi connectivity index (χ0v) is 13.6. The Balaban J connectivity index is 2.05. The molecule has 3 N–H and O–H groups in total. The van der Waals surface area contributed by atoms with Gasteiger partial charge in [-0.15, -0.1) is 11.3 Å². The van der Waals surface area contributed by atoms with Crippen LogP contribution in [-0.4, -0.2) is 38.0 Å². The van der Waals surface area contributed by atoms with Crippen LogP contribution in [0.1, 0.15) is 20.8 Å². The fourth-order valence-electron chi connectivity index (χ4n) is 2.26. The van der Waals surface area contributed by atoms with E-state index in [0.717, 1.165) is 15.9 Å². The van der Waals surface area contributed by atoms with Crippen LogP contribution in [0, 0.1) is 3.95 Å². The molecule has 1 aliphatic heterocycles. The van der Waals surface area contributed by atoms with Gasteiger partial charge in [0, 0.05) is 17.4 Å². The van der Waals surface area contributed by atoms with Crippen LogP contribution in [0.15, 0.2) is 23.2 Å². The number of thiazole rings is 1. The highest BCUT2D eigenvalue weighted by atomic mass is 32.1. The highest BCUT2D eigenvalue weighted by Gasteiger charge is 2.18. The molecule has 0 amide bonds. The zero-order chi connectivity index (χ0) is 17.4. The summed E-state index contributed by atoms with van der Waals surface area (Å²) in [4.78, 5) is 26.5. The average molecular weight is 362 g/mol. The molecule has 0 saturated carbocycles. The SMILES string of the molecule is O=C(O)Cn1c(O)c(C=C2C=Nc3ccc(C(=O)O)cc32)sc1=S. The van der Waals surface area contributed by atoms with E-state index in [0.29, 0.717) is 21.7 Å². The van der Waals surface area contributed by atoms with Crippen LogP contribution in [0.5, 0.6) is 5.88 Å². The summed E-state index contributed by atoms with van der Waals surface area (Å²) in [6.07, 6.45) is 3.16. The molecule has 0 atom stereocenters. The van der Waals surface area contributed by atoms with Crippen molar-refractivity contribution in [3.63, 3.8) is 0 Å². The summed E-state index contributed by atoms with van der Waals surface area (Å²) in [5, 5.41) is 28.1. The fraction of sp³-hybridized carbons (Fsp3) is 0.0667. The van der Waals surface area contributed by atoms with Gasteiger partial charge in [-0.3, -0.25) is 14.4 Å². The van der Waals surface area contributed by atoms with Crippen molar-refractivity contribution in [2.45, 2.75) is 6.54 Å². The molecule has 1 aliphatic rings. The molecule has 122 valence electrons. The first-order valence-electron chi connectivity index (χ1n) is 6.64. The first kappa shape index (κ1) is 16.1. The number of aliphatic imine (C=N–C) groups is 1. The van der Waals surface area contributed by atoms with E-state index in [2.05, 4.69) is 4.99 Å². The zero-order valence-electron chi connectivity index (χ0n) is 12.0. The molecule has 0 fully saturated rings. The number of aromatic hydroxyl groups is 1. The van der Waals surface area contributed by atoms with Crippen LogP contribution in [0.4, 0.5) is 5.69 Å².